The summed E-state index contributed by atoms with van der Waals surface area (Å²) in [5.74, 6) is -1.10. The number of hydrogen-bond donors (Lipinski definition) is 2. The molecule has 0 aliphatic rings. The first kappa shape index (κ1) is 20.5. The average Bonchev–Trinajstić information content (AvgIpc) is 2.65. The topological polar surface area (TPSA) is 61.4 Å². The number of carbonyl (C=O) groups is 2. The van der Waals surface area contributed by atoms with Gasteiger partial charge in [0.1, 0.15) is 0 Å². The van der Waals surface area contributed by atoms with Crippen LogP contribution in [0.5, 0.6) is 0 Å². The molecule has 0 bridgehead atoms. The summed E-state index contributed by atoms with van der Waals surface area (Å²) in [7, 11) is 0. The Morgan fingerprint density at radius 2 is 1.52 bits per heavy atom. The standard InChI is InChI=1S/C22H29N3O2/c1-6-25(7-2)18-13-11-17(12-14-18)23-21(26)22(27)24-20-16(5)9-8-10-19(20)15(3)4/h8-15H,6-7H2,1-5H3,(H,23,26)(H,24,27). The molecule has 5 heteroatoms. The third kappa shape index (κ3) is 5.09. The Morgan fingerprint density at radius 3 is 2.07 bits per heavy atom. The van der Waals surface area contributed by atoms with Crippen LogP contribution < -0.4 is 15.5 Å². The van der Waals surface area contributed by atoms with Crippen molar-refractivity contribution in [3.8, 4) is 0 Å². The van der Waals surface area contributed by atoms with Crippen LogP contribution in [0.3, 0.4) is 0 Å². The molecule has 144 valence electrons. The predicted molar refractivity (Wildman–Crippen MR) is 113 cm³/mol. The van der Waals surface area contributed by atoms with E-state index in [2.05, 4.69) is 43.2 Å². The number of benzene rings is 2. The van der Waals surface area contributed by atoms with E-state index in [0.29, 0.717) is 11.4 Å². The first-order chi connectivity index (χ1) is 12.9. The molecular weight excluding hydrogens is 338 g/mol. The summed E-state index contributed by atoms with van der Waals surface area (Å²) in [5, 5.41) is 5.43. The summed E-state index contributed by atoms with van der Waals surface area (Å²) < 4.78 is 0. The first-order valence-electron chi connectivity index (χ1n) is 9.44. The SMILES string of the molecule is CCN(CC)c1ccc(NC(=O)C(=O)Nc2c(C)cccc2C(C)C)cc1. The number of amides is 2. The summed E-state index contributed by atoms with van der Waals surface area (Å²) >= 11 is 0. The largest absolute Gasteiger partial charge is 0.372 e. The molecular formula is C22H29N3O2. The van der Waals surface area contributed by atoms with E-state index in [1.807, 2.05) is 49.4 Å². The number of nitrogens with zero attached hydrogens (tertiary/aromatic N) is 1. The quantitative estimate of drug-likeness (QED) is 0.737. The Morgan fingerprint density at radius 1 is 0.926 bits per heavy atom. The Kier molecular flexibility index (Phi) is 6.99. The minimum Gasteiger partial charge on any atom is -0.372 e. The third-order valence-electron chi connectivity index (χ3n) is 4.63. The molecule has 2 rings (SSSR count). The van der Waals surface area contributed by atoms with Crippen molar-refractivity contribution in [3.05, 3.63) is 53.6 Å². The second-order valence-corrected chi connectivity index (χ2v) is 6.82. The Labute approximate surface area is 161 Å². The summed E-state index contributed by atoms with van der Waals surface area (Å²) in [6.45, 7) is 12.1. The molecule has 2 aromatic rings. The van der Waals surface area contributed by atoms with Gasteiger partial charge in [-0.2, -0.15) is 0 Å². The van der Waals surface area contributed by atoms with Gasteiger partial charge in [-0.15, -0.1) is 0 Å². The molecule has 2 N–H and O–H groups in total. The van der Waals surface area contributed by atoms with Crippen LogP contribution in [0.15, 0.2) is 42.5 Å². The molecule has 2 amide bonds. The molecule has 0 spiro atoms. The number of anilines is 3. The van der Waals surface area contributed by atoms with E-state index in [4.69, 9.17) is 0 Å². The van der Waals surface area contributed by atoms with Crippen molar-refractivity contribution in [2.45, 2.75) is 40.5 Å². The summed E-state index contributed by atoms with van der Waals surface area (Å²) in [6.07, 6.45) is 0. The monoisotopic (exact) mass is 367 g/mol. The van der Waals surface area contributed by atoms with E-state index >= 15 is 0 Å². The maximum absolute atomic E-state index is 12.4. The smallest absolute Gasteiger partial charge is 0.314 e. The molecule has 0 aliphatic carbocycles. The van der Waals surface area contributed by atoms with Gasteiger partial charge < -0.3 is 15.5 Å². The molecule has 27 heavy (non-hydrogen) atoms. The Balaban J connectivity index is 2.08. The number of rotatable bonds is 6. The van der Waals surface area contributed by atoms with Crippen molar-refractivity contribution in [1.82, 2.24) is 0 Å². The minimum atomic E-state index is -0.677. The number of carbonyl (C=O) groups excluding carboxylic acids is 2. The van der Waals surface area contributed by atoms with Gasteiger partial charge in [-0.05, 0) is 62.1 Å². The van der Waals surface area contributed by atoms with Crippen molar-refractivity contribution in [1.29, 1.82) is 0 Å². The molecule has 0 aliphatic heterocycles. The molecule has 0 fully saturated rings. The first-order valence-corrected chi connectivity index (χ1v) is 9.44. The van der Waals surface area contributed by atoms with Crippen LogP contribution in [0, 0.1) is 6.92 Å². The second kappa shape index (κ2) is 9.21. The summed E-state index contributed by atoms with van der Waals surface area (Å²) in [4.78, 5) is 26.9. The number of para-hydroxylation sites is 1. The van der Waals surface area contributed by atoms with E-state index < -0.39 is 11.8 Å². The van der Waals surface area contributed by atoms with E-state index in [1.54, 1.807) is 0 Å². The van der Waals surface area contributed by atoms with Gasteiger partial charge in [0.25, 0.3) is 0 Å². The van der Waals surface area contributed by atoms with Gasteiger partial charge in [-0.1, -0.05) is 32.0 Å². The van der Waals surface area contributed by atoms with Crippen LogP contribution in [0.2, 0.25) is 0 Å². The lowest BCUT2D eigenvalue weighted by Gasteiger charge is -2.21. The zero-order chi connectivity index (χ0) is 20.0. The Bertz CT molecular complexity index is 794. The number of nitrogens with one attached hydrogen (secondary N) is 2. The predicted octanol–water partition coefficient (Wildman–Crippen LogP) is 4.54. The zero-order valence-corrected chi connectivity index (χ0v) is 16.8. The lowest BCUT2D eigenvalue weighted by atomic mass is 9.98. The molecule has 0 unspecified atom stereocenters. The summed E-state index contributed by atoms with van der Waals surface area (Å²) in [6, 6.07) is 13.4. The fourth-order valence-corrected chi connectivity index (χ4v) is 3.04. The molecule has 5 nitrogen and oxygen atoms in total. The van der Waals surface area contributed by atoms with Crippen molar-refractivity contribution >= 4 is 28.9 Å². The van der Waals surface area contributed by atoms with Gasteiger partial charge >= 0.3 is 11.8 Å². The maximum atomic E-state index is 12.4. The van der Waals surface area contributed by atoms with Crippen molar-refractivity contribution < 1.29 is 9.59 Å². The molecule has 0 saturated heterocycles. The normalized spacial score (nSPS) is 10.6. The Hall–Kier alpha value is -2.82. The lowest BCUT2D eigenvalue weighted by Crippen LogP contribution is -2.30. The molecule has 0 aromatic heterocycles. The van der Waals surface area contributed by atoms with Gasteiger partial charge in [0.15, 0.2) is 0 Å². The maximum Gasteiger partial charge on any atom is 0.314 e. The van der Waals surface area contributed by atoms with E-state index in [-0.39, 0.29) is 5.92 Å². The van der Waals surface area contributed by atoms with Gasteiger partial charge in [-0.25, -0.2) is 0 Å². The van der Waals surface area contributed by atoms with E-state index in [0.717, 1.165) is 29.9 Å². The summed E-state index contributed by atoms with van der Waals surface area (Å²) in [5.41, 5.74) is 4.35. The fourth-order valence-electron chi connectivity index (χ4n) is 3.04. The van der Waals surface area contributed by atoms with E-state index in [1.165, 1.54) is 0 Å². The lowest BCUT2D eigenvalue weighted by molar-refractivity contribution is -0.133. The van der Waals surface area contributed by atoms with Crippen LogP contribution in [-0.4, -0.2) is 24.9 Å². The van der Waals surface area contributed by atoms with E-state index in [9.17, 15) is 9.59 Å². The van der Waals surface area contributed by atoms with Crippen LogP contribution in [0.4, 0.5) is 17.1 Å². The van der Waals surface area contributed by atoms with Crippen molar-refractivity contribution in [2.24, 2.45) is 0 Å². The van der Waals surface area contributed by atoms with Gasteiger partial charge in [0.05, 0.1) is 0 Å². The second-order valence-electron chi connectivity index (χ2n) is 6.82. The van der Waals surface area contributed by atoms with Gasteiger partial charge in [-0.3, -0.25) is 9.59 Å². The molecule has 0 radical (unpaired) electrons. The number of aryl methyl sites for hydroxylation is 1. The number of hydrogen-bond acceptors (Lipinski definition) is 3. The van der Waals surface area contributed by atoms with Crippen LogP contribution in [0.25, 0.3) is 0 Å². The van der Waals surface area contributed by atoms with Gasteiger partial charge in [0, 0.05) is 30.2 Å². The molecule has 2 aromatic carbocycles. The molecule has 0 atom stereocenters. The van der Waals surface area contributed by atoms with Crippen molar-refractivity contribution in [3.63, 3.8) is 0 Å². The highest BCUT2D eigenvalue weighted by Gasteiger charge is 2.18. The zero-order valence-electron chi connectivity index (χ0n) is 16.8. The fraction of sp³-hybridized carbons (Fsp3) is 0.364. The third-order valence-corrected chi connectivity index (χ3v) is 4.63. The van der Waals surface area contributed by atoms with Crippen LogP contribution in [-0.2, 0) is 9.59 Å². The van der Waals surface area contributed by atoms with Crippen molar-refractivity contribution in [2.75, 3.05) is 28.6 Å². The molecule has 0 saturated carbocycles. The molecule has 0 heterocycles. The highest BCUT2D eigenvalue weighted by Crippen LogP contribution is 2.27. The van der Waals surface area contributed by atoms with Crippen LogP contribution >= 0.6 is 0 Å². The highest BCUT2D eigenvalue weighted by molar-refractivity contribution is 6.43. The average molecular weight is 367 g/mol. The van der Waals surface area contributed by atoms with Crippen LogP contribution in [0.1, 0.15) is 44.7 Å². The highest BCUT2D eigenvalue weighted by atomic mass is 16.2. The minimum absolute atomic E-state index is 0.246. The van der Waals surface area contributed by atoms with Gasteiger partial charge in [0.2, 0.25) is 0 Å².